The molecule has 0 aliphatic carbocycles. The Kier molecular flexibility index (Phi) is 4.89. The number of aromatic nitrogens is 2. The van der Waals surface area contributed by atoms with Crippen LogP contribution < -0.4 is 11.0 Å². The molecule has 1 aromatic carbocycles. The second kappa shape index (κ2) is 6.85. The van der Waals surface area contributed by atoms with E-state index in [0.29, 0.717) is 16.3 Å². The third-order valence-electron chi connectivity index (χ3n) is 2.58. The van der Waals surface area contributed by atoms with E-state index in [-0.39, 0.29) is 17.4 Å². The molecule has 0 aliphatic rings. The molecule has 0 unspecified atom stereocenters. The zero-order valence-corrected chi connectivity index (χ0v) is 12.1. The minimum absolute atomic E-state index is 0.0231. The molecule has 0 bridgehead atoms. The van der Waals surface area contributed by atoms with Crippen LogP contribution in [0, 0.1) is 0 Å². The highest BCUT2D eigenvalue weighted by Gasteiger charge is 2.05. The van der Waals surface area contributed by atoms with Crippen molar-refractivity contribution in [3.8, 4) is 0 Å². The lowest BCUT2D eigenvalue weighted by atomic mass is 10.1. The fraction of sp³-hybridized carbons (Fsp3) is 0.143. The summed E-state index contributed by atoms with van der Waals surface area (Å²) in [6.45, 7) is 1.49. The van der Waals surface area contributed by atoms with Gasteiger partial charge in [0.15, 0.2) is 5.78 Å². The lowest BCUT2D eigenvalue weighted by molar-refractivity contribution is -0.113. The Hall–Kier alpha value is -2.41. The minimum atomic E-state index is -0.444. The molecule has 108 valence electrons. The average molecular weight is 303 g/mol. The number of thioether (sulfide) groups is 1. The van der Waals surface area contributed by atoms with E-state index in [4.69, 9.17) is 0 Å². The van der Waals surface area contributed by atoms with Crippen LogP contribution in [-0.4, -0.2) is 27.4 Å². The number of nitrogens with zero attached hydrogens (tertiary/aromatic N) is 1. The van der Waals surface area contributed by atoms with Crippen LogP contribution in [-0.2, 0) is 4.79 Å². The van der Waals surface area contributed by atoms with Gasteiger partial charge in [-0.05, 0) is 37.3 Å². The van der Waals surface area contributed by atoms with Gasteiger partial charge in [-0.2, -0.15) is 0 Å². The molecule has 2 aromatic rings. The van der Waals surface area contributed by atoms with E-state index in [0.717, 1.165) is 0 Å². The summed E-state index contributed by atoms with van der Waals surface area (Å²) in [5.74, 6) is -0.0627. The zero-order chi connectivity index (χ0) is 15.2. The molecular weight excluding hydrogens is 290 g/mol. The molecule has 2 rings (SSSR count). The topological polar surface area (TPSA) is 91.9 Å². The van der Waals surface area contributed by atoms with Gasteiger partial charge in [-0.25, -0.2) is 9.78 Å². The summed E-state index contributed by atoms with van der Waals surface area (Å²) in [7, 11) is 0. The molecule has 0 fully saturated rings. The maximum atomic E-state index is 11.8. The number of amides is 1. The molecule has 21 heavy (non-hydrogen) atoms. The molecule has 0 aliphatic heterocycles. The van der Waals surface area contributed by atoms with Crippen LogP contribution in [0.4, 0.5) is 5.69 Å². The van der Waals surface area contributed by atoms with Crippen molar-refractivity contribution in [3.63, 3.8) is 0 Å². The standard InChI is InChI=1S/C14H13N3O3S/c1-9(18)10-2-4-11(5-3-10)16-12(19)8-21-13-6-7-15-14(20)17-13/h2-7H,8H2,1H3,(H,16,19)(H,15,17,20). The van der Waals surface area contributed by atoms with E-state index >= 15 is 0 Å². The van der Waals surface area contributed by atoms with Gasteiger partial charge in [0, 0.05) is 17.4 Å². The SMILES string of the molecule is CC(=O)c1ccc(NC(=O)CSc2ccnc(=O)[nH]2)cc1. The van der Waals surface area contributed by atoms with Gasteiger partial charge < -0.3 is 10.3 Å². The van der Waals surface area contributed by atoms with Crippen LogP contribution in [0.25, 0.3) is 0 Å². The quantitative estimate of drug-likeness (QED) is 0.498. The molecular formula is C14H13N3O3S. The third kappa shape index (κ3) is 4.57. The second-order valence-electron chi connectivity index (χ2n) is 4.21. The van der Waals surface area contributed by atoms with Gasteiger partial charge in [0.25, 0.3) is 0 Å². The summed E-state index contributed by atoms with van der Waals surface area (Å²) in [4.78, 5) is 40.0. The number of ketones is 1. The van der Waals surface area contributed by atoms with Crippen molar-refractivity contribution in [1.29, 1.82) is 0 Å². The largest absolute Gasteiger partial charge is 0.345 e. The Morgan fingerprint density at radius 2 is 1.95 bits per heavy atom. The highest BCUT2D eigenvalue weighted by molar-refractivity contribution is 7.99. The first kappa shape index (κ1) is 15.0. The Morgan fingerprint density at radius 3 is 2.57 bits per heavy atom. The maximum Gasteiger partial charge on any atom is 0.345 e. The van der Waals surface area contributed by atoms with E-state index < -0.39 is 5.69 Å². The number of hydrogen-bond donors (Lipinski definition) is 2. The number of rotatable bonds is 5. The zero-order valence-electron chi connectivity index (χ0n) is 11.3. The predicted molar refractivity (Wildman–Crippen MR) is 80.7 cm³/mol. The van der Waals surface area contributed by atoms with E-state index in [2.05, 4.69) is 15.3 Å². The Balaban J connectivity index is 1.89. The number of benzene rings is 1. The second-order valence-corrected chi connectivity index (χ2v) is 5.23. The number of carbonyl (C=O) groups excluding carboxylic acids is 2. The summed E-state index contributed by atoms with van der Waals surface area (Å²) in [5, 5.41) is 3.29. The highest BCUT2D eigenvalue weighted by atomic mass is 32.2. The summed E-state index contributed by atoms with van der Waals surface area (Å²) in [6, 6.07) is 8.29. The molecule has 2 N–H and O–H groups in total. The van der Waals surface area contributed by atoms with Crippen LogP contribution in [0.1, 0.15) is 17.3 Å². The first-order chi connectivity index (χ1) is 10.0. The van der Waals surface area contributed by atoms with Crippen LogP contribution in [0.5, 0.6) is 0 Å². The summed E-state index contributed by atoms with van der Waals surface area (Å²) in [6.07, 6.45) is 1.39. The fourth-order valence-corrected chi connectivity index (χ4v) is 2.24. The Labute approximate surface area is 125 Å². The summed E-state index contributed by atoms with van der Waals surface area (Å²) < 4.78 is 0. The van der Waals surface area contributed by atoms with Gasteiger partial charge in [-0.15, -0.1) is 0 Å². The minimum Gasteiger partial charge on any atom is -0.325 e. The van der Waals surface area contributed by atoms with Crippen molar-refractivity contribution in [2.24, 2.45) is 0 Å². The molecule has 7 heteroatoms. The lowest BCUT2D eigenvalue weighted by Gasteiger charge is -2.05. The van der Waals surface area contributed by atoms with Crippen molar-refractivity contribution in [2.75, 3.05) is 11.1 Å². The first-order valence-electron chi connectivity index (χ1n) is 6.13. The summed E-state index contributed by atoms with van der Waals surface area (Å²) >= 11 is 1.21. The number of H-pyrrole nitrogens is 1. The molecule has 0 atom stereocenters. The fourth-order valence-electron chi connectivity index (χ4n) is 1.56. The predicted octanol–water partition coefficient (Wildman–Crippen LogP) is 1.70. The van der Waals surface area contributed by atoms with Gasteiger partial charge in [0.2, 0.25) is 5.91 Å². The van der Waals surface area contributed by atoms with E-state index in [1.165, 1.54) is 24.9 Å². The number of carbonyl (C=O) groups is 2. The molecule has 0 saturated heterocycles. The number of Topliss-reactive ketones (excluding diaryl/α,β-unsaturated/α-hetero) is 1. The van der Waals surface area contributed by atoms with Gasteiger partial charge >= 0.3 is 5.69 Å². The molecule has 6 nitrogen and oxygen atoms in total. The normalized spacial score (nSPS) is 10.1. The number of anilines is 1. The van der Waals surface area contributed by atoms with Gasteiger partial charge in [-0.1, -0.05) is 11.8 Å². The maximum absolute atomic E-state index is 11.8. The van der Waals surface area contributed by atoms with Crippen LogP contribution in [0.3, 0.4) is 0 Å². The van der Waals surface area contributed by atoms with Crippen LogP contribution in [0.2, 0.25) is 0 Å². The molecule has 0 saturated carbocycles. The monoisotopic (exact) mass is 303 g/mol. The summed E-state index contributed by atoms with van der Waals surface area (Å²) in [5.41, 5.74) is 0.769. The first-order valence-corrected chi connectivity index (χ1v) is 7.12. The molecule has 0 spiro atoms. The molecule has 1 heterocycles. The third-order valence-corrected chi connectivity index (χ3v) is 3.54. The van der Waals surface area contributed by atoms with Gasteiger partial charge in [0.05, 0.1) is 10.8 Å². The number of aromatic amines is 1. The highest BCUT2D eigenvalue weighted by Crippen LogP contribution is 2.14. The van der Waals surface area contributed by atoms with Crippen LogP contribution in [0.15, 0.2) is 46.3 Å². The number of hydrogen-bond acceptors (Lipinski definition) is 5. The van der Waals surface area contributed by atoms with Crippen molar-refractivity contribution < 1.29 is 9.59 Å². The van der Waals surface area contributed by atoms with E-state index in [1.807, 2.05) is 0 Å². The van der Waals surface area contributed by atoms with Crippen molar-refractivity contribution in [2.45, 2.75) is 11.9 Å². The van der Waals surface area contributed by atoms with E-state index in [1.54, 1.807) is 30.3 Å². The van der Waals surface area contributed by atoms with Crippen molar-refractivity contribution in [3.05, 3.63) is 52.6 Å². The van der Waals surface area contributed by atoms with Gasteiger partial charge in [-0.3, -0.25) is 9.59 Å². The Morgan fingerprint density at radius 1 is 1.24 bits per heavy atom. The number of nitrogens with one attached hydrogen (secondary N) is 2. The lowest BCUT2D eigenvalue weighted by Crippen LogP contribution is -2.15. The molecule has 1 amide bonds. The Bertz CT molecular complexity index is 710. The average Bonchev–Trinajstić information content (AvgIpc) is 2.46. The van der Waals surface area contributed by atoms with Gasteiger partial charge in [0.1, 0.15) is 0 Å². The molecule has 0 radical (unpaired) electrons. The van der Waals surface area contributed by atoms with Crippen LogP contribution >= 0.6 is 11.8 Å². The van der Waals surface area contributed by atoms with Crippen molar-refractivity contribution >= 4 is 29.1 Å². The molecule has 1 aromatic heterocycles. The van der Waals surface area contributed by atoms with E-state index in [9.17, 15) is 14.4 Å². The smallest absolute Gasteiger partial charge is 0.325 e. The van der Waals surface area contributed by atoms with Crippen molar-refractivity contribution in [1.82, 2.24) is 9.97 Å².